The van der Waals surface area contributed by atoms with E-state index in [9.17, 15) is 4.79 Å². The lowest BCUT2D eigenvalue weighted by Gasteiger charge is -2.09. The molecule has 312 valence electrons. The normalized spacial score (nSPS) is 11.5. The van der Waals surface area contributed by atoms with Gasteiger partial charge >= 0.3 is 5.97 Å². The lowest BCUT2D eigenvalue weighted by molar-refractivity contribution is -0.141. The van der Waals surface area contributed by atoms with Crippen molar-refractivity contribution in [3.8, 4) is 0 Å². The van der Waals surface area contributed by atoms with Gasteiger partial charge in [0.05, 0.1) is 139 Å². The fourth-order valence-corrected chi connectivity index (χ4v) is 5.09. The number of ether oxygens (including phenoxy) is 11. The van der Waals surface area contributed by atoms with Gasteiger partial charge in [-0.25, -0.2) is 0 Å². The van der Waals surface area contributed by atoms with Gasteiger partial charge in [0.1, 0.15) is 0 Å². The van der Waals surface area contributed by atoms with Crippen molar-refractivity contribution in [2.75, 3.05) is 139 Å². The summed E-state index contributed by atoms with van der Waals surface area (Å²) in [5.74, 6) is -0.281. The molecule has 0 spiro atoms. The lowest BCUT2D eigenvalue weighted by atomic mass is 10.0. The Morgan fingerprint density at radius 2 is 0.500 bits per heavy atom. The SMILES string of the molecule is CCCCCCCCCCCCCCCCCCOCCOCCOCCOCCOCCOCCOCCOCCOCCOCCC(=O)OC. The van der Waals surface area contributed by atoms with E-state index in [0.29, 0.717) is 126 Å². The van der Waals surface area contributed by atoms with Gasteiger partial charge in [-0.15, -0.1) is 0 Å². The minimum absolute atomic E-state index is 0.249. The maximum atomic E-state index is 10.9. The Labute approximate surface area is 317 Å². The standard InChI is InChI=1S/C40H80O12/c1-3-4-5-6-7-8-9-10-11-12-13-14-15-16-17-18-20-43-22-24-45-26-28-47-30-32-49-34-36-51-38-39-52-37-35-50-33-31-48-29-27-46-25-23-44-21-19-40(41)42-2/h3-39H2,1-2H3. The summed E-state index contributed by atoms with van der Waals surface area (Å²) in [5.41, 5.74) is 0. The molecule has 0 radical (unpaired) electrons. The number of carbonyl (C=O) groups excluding carboxylic acids is 1. The van der Waals surface area contributed by atoms with Gasteiger partial charge in [-0.1, -0.05) is 103 Å². The van der Waals surface area contributed by atoms with Crippen LogP contribution in [0.3, 0.4) is 0 Å². The summed E-state index contributed by atoms with van der Waals surface area (Å²) in [4.78, 5) is 10.9. The minimum Gasteiger partial charge on any atom is -0.469 e. The smallest absolute Gasteiger partial charge is 0.307 e. The third-order valence-corrected chi connectivity index (χ3v) is 8.17. The quantitative estimate of drug-likeness (QED) is 0.0472. The Hall–Kier alpha value is -0.930. The van der Waals surface area contributed by atoms with Crippen molar-refractivity contribution in [2.24, 2.45) is 0 Å². The van der Waals surface area contributed by atoms with Crippen LogP contribution in [0.15, 0.2) is 0 Å². The van der Waals surface area contributed by atoms with Crippen LogP contribution in [-0.4, -0.2) is 145 Å². The maximum absolute atomic E-state index is 10.9. The van der Waals surface area contributed by atoms with Crippen molar-refractivity contribution in [3.63, 3.8) is 0 Å². The van der Waals surface area contributed by atoms with E-state index in [-0.39, 0.29) is 12.4 Å². The second-order valence-electron chi connectivity index (χ2n) is 12.8. The molecule has 0 rings (SSSR count). The van der Waals surface area contributed by atoms with Gasteiger partial charge in [0, 0.05) is 6.61 Å². The summed E-state index contributed by atoms with van der Waals surface area (Å²) in [6.45, 7) is 12.8. The average molecular weight is 753 g/mol. The molecule has 12 heteroatoms. The Bertz CT molecular complexity index is 658. The molecule has 0 unspecified atom stereocenters. The first-order valence-corrected chi connectivity index (χ1v) is 20.7. The maximum Gasteiger partial charge on any atom is 0.307 e. The molecule has 0 aliphatic heterocycles. The molecule has 0 atom stereocenters. The number of unbranched alkanes of at least 4 members (excludes halogenated alkanes) is 15. The zero-order valence-corrected chi connectivity index (χ0v) is 33.6. The fourth-order valence-electron chi connectivity index (χ4n) is 5.09. The molecular weight excluding hydrogens is 672 g/mol. The summed E-state index contributed by atoms with van der Waals surface area (Å²) in [6.07, 6.45) is 22.4. The van der Waals surface area contributed by atoms with Crippen molar-refractivity contribution in [3.05, 3.63) is 0 Å². The third kappa shape index (κ3) is 47.1. The number of hydrogen-bond donors (Lipinski definition) is 0. The van der Waals surface area contributed by atoms with Crippen molar-refractivity contribution >= 4 is 5.97 Å². The average Bonchev–Trinajstić information content (AvgIpc) is 3.16. The highest BCUT2D eigenvalue weighted by molar-refractivity contribution is 5.69. The molecule has 0 heterocycles. The Morgan fingerprint density at radius 3 is 0.750 bits per heavy atom. The first kappa shape index (κ1) is 51.1. The summed E-state index contributed by atoms with van der Waals surface area (Å²) in [6, 6.07) is 0. The van der Waals surface area contributed by atoms with E-state index in [0.717, 1.165) is 13.0 Å². The zero-order chi connectivity index (χ0) is 37.5. The van der Waals surface area contributed by atoms with Gasteiger partial charge < -0.3 is 52.1 Å². The first-order valence-electron chi connectivity index (χ1n) is 20.7. The molecule has 0 aromatic carbocycles. The molecule has 0 aromatic heterocycles. The van der Waals surface area contributed by atoms with E-state index in [1.807, 2.05) is 0 Å². The van der Waals surface area contributed by atoms with Gasteiger partial charge in [0.25, 0.3) is 0 Å². The summed E-state index contributed by atoms with van der Waals surface area (Å²) < 4.78 is 59.4. The van der Waals surface area contributed by atoms with Crippen LogP contribution in [0.25, 0.3) is 0 Å². The van der Waals surface area contributed by atoms with Crippen LogP contribution in [0, 0.1) is 0 Å². The highest BCUT2D eigenvalue weighted by atomic mass is 16.6. The van der Waals surface area contributed by atoms with E-state index in [2.05, 4.69) is 11.7 Å². The van der Waals surface area contributed by atoms with Crippen LogP contribution in [0.2, 0.25) is 0 Å². The molecule has 0 aromatic rings. The van der Waals surface area contributed by atoms with Crippen LogP contribution < -0.4 is 0 Å². The van der Waals surface area contributed by atoms with E-state index < -0.39 is 0 Å². The Morgan fingerprint density at radius 1 is 0.288 bits per heavy atom. The van der Waals surface area contributed by atoms with E-state index in [1.54, 1.807) is 0 Å². The van der Waals surface area contributed by atoms with Gasteiger partial charge in [0.15, 0.2) is 0 Å². The van der Waals surface area contributed by atoms with Crippen molar-refractivity contribution in [1.82, 2.24) is 0 Å². The Balaban J connectivity index is 3.06. The number of methoxy groups -OCH3 is 1. The molecule has 0 aliphatic carbocycles. The van der Waals surface area contributed by atoms with Crippen molar-refractivity contribution in [1.29, 1.82) is 0 Å². The molecular formula is C40H80O12. The monoisotopic (exact) mass is 753 g/mol. The molecule has 52 heavy (non-hydrogen) atoms. The molecule has 0 N–H and O–H groups in total. The molecule has 0 aliphatic rings. The molecule has 12 nitrogen and oxygen atoms in total. The third-order valence-electron chi connectivity index (χ3n) is 8.17. The van der Waals surface area contributed by atoms with Gasteiger partial charge in [-0.3, -0.25) is 4.79 Å². The highest BCUT2D eigenvalue weighted by Gasteiger charge is 2.00. The first-order chi connectivity index (χ1) is 25.8. The van der Waals surface area contributed by atoms with E-state index in [1.165, 1.54) is 103 Å². The topological polar surface area (TPSA) is 119 Å². The zero-order valence-electron chi connectivity index (χ0n) is 33.6. The number of carbonyl (C=O) groups is 1. The highest BCUT2D eigenvalue weighted by Crippen LogP contribution is 2.13. The fraction of sp³-hybridized carbons (Fsp3) is 0.975. The predicted molar refractivity (Wildman–Crippen MR) is 204 cm³/mol. The minimum atomic E-state index is -0.281. The van der Waals surface area contributed by atoms with Crippen LogP contribution >= 0.6 is 0 Å². The summed E-state index contributed by atoms with van der Waals surface area (Å²) in [7, 11) is 1.36. The summed E-state index contributed by atoms with van der Waals surface area (Å²) >= 11 is 0. The number of esters is 1. The van der Waals surface area contributed by atoms with Crippen molar-refractivity contribution in [2.45, 2.75) is 116 Å². The van der Waals surface area contributed by atoms with Gasteiger partial charge in [-0.2, -0.15) is 0 Å². The molecule has 0 saturated carbocycles. The number of hydrogen-bond acceptors (Lipinski definition) is 12. The molecule has 0 bridgehead atoms. The molecule has 0 saturated heterocycles. The van der Waals surface area contributed by atoms with E-state index >= 15 is 0 Å². The lowest BCUT2D eigenvalue weighted by Crippen LogP contribution is -2.15. The number of rotatable bonds is 47. The van der Waals surface area contributed by atoms with Crippen LogP contribution in [0.4, 0.5) is 0 Å². The predicted octanol–water partition coefficient (Wildman–Crippen LogP) is 6.98. The van der Waals surface area contributed by atoms with Crippen molar-refractivity contribution < 1.29 is 56.9 Å². The van der Waals surface area contributed by atoms with Crippen LogP contribution in [0.5, 0.6) is 0 Å². The largest absolute Gasteiger partial charge is 0.469 e. The van der Waals surface area contributed by atoms with Gasteiger partial charge in [0.2, 0.25) is 0 Å². The van der Waals surface area contributed by atoms with Gasteiger partial charge in [-0.05, 0) is 6.42 Å². The van der Waals surface area contributed by atoms with Crippen LogP contribution in [-0.2, 0) is 56.9 Å². The second kappa shape index (κ2) is 48.1. The van der Waals surface area contributed by atoms with Crippen LogP contribution in [0.1, 0.15) is 116 Å². The molecule has 0 fully saturated rings. The van der Waals surface area contributed by atoms with E-state index in [4.69, 9.17) is 47.4 Å². The summed E-state index contributed by atoms with van der Waals surface area (Å²) in [5, 5.41) is 0. The molecule has 0 amide bonds. The second-order valence-corrected chi connectivity index (χ2v) is 12.8. The Kier molecular flexibility index (Phi) is 47.2.